The number of hydrogen-bond donors (Lipinski definition) is 2. The van der Waals surface area contributed by atoms with Gasteiger partial charge in [0.25, 0.3) is 0 Å². The molecule has 0 radical (unpaired) electrons. The second kappa shape index (κ2) is 7.71. The summed E-state index contributed by atoms with van der Waals surface area (Å²) in [6.07, 6.45) is 1.71. The molecule has 2 unspecified atom stereocenters. The summed E-state index contributed by atoms with van der Waals surface area (Å²) in [7, 11) is 0. The van der Waals surface area contributed by atoms with E-state index >= 15 is 0 Å². The first kappa shape index (κ1) is 15.4. The van der Waals surface area contributed by atoms with Gasteiger partial charge in [-0.25, -0.2) is 0 Å². The number of ether oxygens (including phenoxy) is 1. The van der Waals surface area contributed by atoms with E-state index in [9.17, 15) is 9.90 Å². The zero-order valence-corrected chi connectivity index (χ0v) is 11.3. The molecule has 1 saturated heterocycles. The van der Waals surface area contributed by atoms with E-state index in [1.54, 1.807) is 0 Å². The highest BCUT2D eigenvalue weighted by atomic mass is 16.5. The second-order valence-electron chi connectivity index (χ2n) is 5.38. The Hall–Kier alpha value is -0.650. The number of likely N-dealkylation sites (tertiary alicyclic amines) is 1. The maximum atomic E-state index is 10.5. The number of aliphatic carboxylic acids is 1. The predicted octanol–water partition coefficient (Wildman–Crippen LogP) is 0.959. The number of carbonyl (C=O) groups is 1. The van der Waals surface area contributed by atoms with Gasteiger partial charge in [-0.05, 0) is 39.2 Å². The quantitative estimate of drug-likeness (QED) is 0.679. The lowest BCUT2D eigenvalue weighted by molar-refractivity contribution is -0.137. The summed E-state index contributed by atoms with van der Waals surface area (Å²) < 4.78 is 5.37. The Morgan fingerprint density at radius 1 is 1.50 bits per heavy atom. The van der Waals surface area contributed by atoms with Crippen molar-refractivity contribution in [3.05, 3.63) is 0 Å². The van der Waals surface area contributed by atoms with Crippen LogP contribution in [0.1, 0.15) is 33.1 Å². The van der Waals surface area contributed by atoms with Crippen LogP contribution in [0.4, 0.5) is 0 Å². The van der Waals surface area contributed by atoms with Gasteiger partial charge in [-0.2, -0.15) is 0 Å². The molecule has 1 heterocycles. The Balaban J connectivity index is 2.15. The van der Waals surface area contributed by atoms with E-state index in [4.69, 9.17) is 9.84 Å². The van der Waals surface area contributed by atoms with Gasteiger partial charge in [0.2, 0.25) is 0 Å². The summed E-state index contributed by atoms with van der Waals surface area (Å²) in [5.74, 6) is -0.266. The van der Waals surface area contributed by atoms with Crippen molar-refractivity contribution >= 4 is 5.97 Å². The third kappa shape index (κ3) is 6.33. The van der Waals surface area contributed by atoms with E-state index in [0.717, 1.165) is 25.9 Å². The molecule has 2 atom stereocenters. The van der Waals surface area contributed by atoms with Gasteiger partial charge in [0.15, 0.2) is 0 Å². The molecule has 0 aliphatic carbocycles. The minimum atomic E-state index is -0.723. The topological polar surface area (TPSA) is 70.0 Å². The molecule has 2 N–H and O–H groups in total. The number of carboxylic acid groups (broad SMARTS) is 1. The van der Waals surface area contributed by atoms with E-state index in [2.05, 4.69) is 4.90 Å². The zero-order chi connectivity index (χ0) is 13.5. The summed E-state index contributed by atoms with van der Waals surface area (Å²) in [5.41, 5.74) is 0. The molecule has 1 fully saturated rings. The third-order valence-electron chi connectivity index (χ3n) is 3.23. The first-order chi connectivity index (χ1) is 8.47. The minimum Gasteiger partial charge on any atom is -0.481 e. The largest absolute Gasteiger partial charge is 0.481 e. The van der Waals surface area contributed by atoms with Crippen molar-refractivity contribution in [3.63, 3.8) is 0 Å². The van der Waals surface area contributed by atoms with Crippen LogP contribution in [0.25, 0.3) is 0 Å². The van der Waals surface area contributed by atoms with Crippen LogP contribution in [-0.2, 0) is 9.53 Å². The first-order valence-corrected chi connectivity index (χ1v) is 6.71. The van der Waals surface area contributed by atoms with Crippen LogP contribution in [-0.4, -0.2) is 59.5 Å². The van der Waals surface area contributed by atoms with Gasteiger partial charge in [-0.3, -0.25) is 4.79 Å². The molecule has 0 saturated carbocycles. The van der Waals surface area contributed by atoms with Crippen LogP contribution < -0.4 is 0 Å². The van der Waals surface area contributed by atoms with Crippen molar-refractivity contribution < 1.29 is 19.7 Å². The average molecular weight is 259 g/mol. The van der Waals surface area contributed by atoms with E-state index in [1.807, 2.05) is 13.8 Å². The molecule has 0 aromatic rings. The molecular weight excluding hydrogens is 234 g/mol. The van der Waals surface area contributed by atoms with Gasteiger partial charge in [0.05, 0.1) is 18.8 Å². The van der Waals surface area contributed by atoms with Crippen molar-refractivity contribution in [1.29, 1.82) is 0 Å². The summed E-state index contributed by atoms with van der Waals surface area (Å²) in [4.78, 5) is 12.7. The van der Waals surface area contributed by atoms with Crippen molar-refractivity contribution in [2.45, 2.75) is 45.3 Å². The molecule has 0 aromatic carbocycles. The van der Waals surface area contributed by atoms with Gasteiger partial charge in [0.1, 0.15) is 0 Å². The van der Waals surface area contributed by atoms with E-state index < -0.39 is 12.1 Å². The fourth-order valence-corrected chi connectivity index (χ4v) is 2.30. The van der Waals surface area contributed by atoms with Crippen LogP contribution in [0.5, 0.6) is 0 Å². The number of aliphatic hydroxyl groups is 1. The maximum Gasteiger partial charge on any atom is 0.303 e. The molecule has 1 aliphatic heterocycles. The molecule has 0 bridgehead atoms. The van der Waals surface area contributed by atoms with Crippen LogP contribution in [0.15, 0.2) is 0 Å². The Bertz CT molecular complexity index is 257. The highest BCUT2D eigenvalue weighted by molar-refractivity contribution is 5.66. The number of carboxylic acids is 1. The summed E-state index contributed by atoms with van der Waals surface area (Å²) in [6.45, 7) is 6.73. The maximum absolute atomic E-state index is 10.5. The standard InChI is InChI=1S/C13H25NO4/c1-10(2)18-9-12(15)8-14-6-5-11(7-14)3-4-13(16)17/h10-12,15H,3-9H2,1-2H3,(H,16,17). The Labute approximate surface area is 109 Å². The Kier molecular flexibility index (Phi) is 6.60. The van der Waals surface area contributed by atoms with Crippen LogP contribution in [0.3, 0.4) is 0 Å². The summed E-state index contributed by atoms with van der Waals surface area (Å²) >= 11 is 0. The number of nitrogens with zero attached hydrogens (tertiary/aromatic N) is 1. The number of hydrogen-bond acceptors (Lipinski definition) is 4. The molecule has 0 spiro atoms. The van der Waals surface area contributed by atoms with Crippen molar-refractivity contribution in [3.8, 4) is 0 Å². The number of β-amino-alcohol motifs (C(OH)–C–C–N with tert-alkyl or cyclic N) is 1. The molecule has 1 aliphatic rings. The molecule has 1 rings (SSSR count). The SMILES string of the molecule is CC(C)OCC(O)CN1CCC(CCC(=O)O)C1. The van der Waals surface area contributed by atoms with Gasteiger partial charge in [-0.1, -0.05) is 0 Å². The van der Waals surface area contributed by atoms with Gasteiger partial charge in [-0.15, -0.1) is 0 Å². The lowest BCUT2D eigenvalue weighted by Crippen LogP contribution is -2.34. The molecular formula is C13H25NO4. The molecule has 0 amide bonds. The van der Waals surface area contributed by atoms with E-state index in [-0.39, 0.29) is 12.5 Å². The smallest absolute Gasteiger partial charge is 0.303 e. The number of aliphatic hydroxyl groups excluding tert-OH is 1. The van der Waals surface area contributed by atoms with Crippen LogP contribution in [0, 0.1) is 5.92 Å². The fourth-order valence-electron chi connectivity index (χ4n) is 2.30. The van der Waals surface area contributed by atoms with E-state index in [0.29, 0.717) is 19.1 Å². The minimum absolute atomic E-state index is 0.140. The normalized spacial score (nSPS) is 22.6. The average Bonchev–Trinajstić information content (AvgIpc) is 2.71. The highest BCUT2D eigenvalue weighted by Gasteiger charge is 2.24. The first-order valence-electron chi connectivity index (χ1n) is 6.71. The van der Waals surface area contributed by atoms with Crippen LogP contribution >= 0.6 is 0 Å². The summed E-state index contributed by atoms with van der Waals surface area (Å²) in [6, 6.07) is 0. The molecule has 5 heteroatoms. The Morgan fingerprint density at radius 3 is 2.83 bits per heavy atom. The third-order valence-corrected chi connectivity index (χ3v) is 3.23. The lowest BCUT2D eigenvalue weighted by Gasteiger charge is -2.20. The van der Waals surface area contributed by atoms with Crippen molar-refractivity contribution in [1.82, 2.24) is 4.90 Å². The molecule has 18 heavy (non-hydrogen) atoms. The highest BCUT2D eigenvalue weighted by Crippen LogP contribution is 2.21. The van der Waals surface area contributed by atoms with Crippen molar-refractivity contribution in [2.75, 3.05) is 26.2 Å². The van der Waals surface area contributed by atoms with Gasteiger partial charge < -0.3 is 19.8 Å². The molecule has 0 aromatic heterocycles. The Morgan fingerprint density at radius 2 is 2.22 bits per heavy atom. The molecule has 5 nitrogen and oxygen atoms in total. The lowest BCUT2D eigenvalue weighted by atomic mass is 10.0. The summed E-state index contributed by atoms with van der Waals surface area (Å²) in [5, 5.41) is 18.4. The van der Waals surface area contributed by atoms with E-state index in [1.165, 1.54) is 0 Å². The second-order valence-corrected chi connectivity index (χ2v) is 5.38. The zero-order valence-electron chi connectivity index (χ0n) is 11.3. The molecule has 106 valence electrons. The monoisotopic (exact) mass is 259 g/mol. The van der Waals surface area contributed by atoms with Gasteiger partial charge in [0, 0.05) is 19.5 Å². The van der Waals surface area contributed by atoms with Crippen molar-refractivity contribution in [2.24, 2.45) is 5.92 Å². The fraction of sp³-hybridized carbons (Fsp3) is 0.923. The number of rotatable bonds is 8. The van der Waals surface area contributed by atoms with Gasteiger partial charge >= 0.3 is 5.97 Å². The predicted molar refractivity (Wildman–Crippen MR) is 68.5 cm³/mol. The van der Waals surface area contributed by atoms with Crippen LogP contribution in [0.2, 0.25) is 0 Å².